The molecule has 0 aromatic rings. The molecule has 0 unspecified atom stereocenters. The van der Waals surface area contributed by atoms with Gasteiger partial charge in [0, 0.05) is 0 Å². The second kappa shape index (κ2) is 7.56. The van der Waals surface area contributed by atoms with Gasteiger partial charge in [-0.15, -0.1) is 0 Å². The SMILES string of the molecule is CC(C)CCOOCCC(C)C. The van der Waals surface area contributed by atoms with Gasteiger partial charge < -0.3 is 0 Å². The summed E-state index contributed by atoms with van der Waals surface area (Å²) in [6, 6.07) is 0. The van der Waals surface area contributed by atoms with Gasteiger partial charge in [0.15, 0.2) is 0 Å². The molecular weight excluding hydrogens is 152 g/mol. The van der Waals surface area contributed by atoms with E-state index in [1.54, 1.807) is 0 Å². The highest BCUT2D eigenvalue weighted by atomic mass is 17.2. The monoisotopic (exact) mass is 174 g/mol. The molecule has 0 radical (unpaired) electrons. The molecule has 0 amide bonds. The van der Waals surface area contributed by atoms with E-state index < -0.39 is 0 Å². The summed E-state index contributed by atoms with van der Waals surface area (Å²) in [5.74, 6) is 1.39. The van der Waals surface area contributed by atoms with Crippen LogP contribution in [0.25, 0.3) is 0 Å². The smallest absolute Gasteiger partial charge is 0.0824 e. The Bertz CT molecular complexity index is 77.8. The van der Waals surface area contributed by atoms with Crippen LogP contribution in [0.1, 0.15) is 40.5 Å². The average Bonchev–Trinajstić information content (AvgIpc) is 1.95. The molecule has 0 atom stereocenters. The van der Waals surface area contributed by atoms with E-state index in [1.807, 2.05) is 0 Å². The van der Waals surface area contributed by atoms with Crippen LogP contribution in [-0.4, -0.2) is 13.2 Å². The molecule has 2 nitrogen and oxygen atoms in total. The second-order valence-electron chi connectivity index (χ2n) is 4.01. The van der Waals surface area contributed by atoms with E-state index in [2.05, 4.69) is 27.7 Å². The van der Waals surface area contributed by atoms with E-state index in [0.29, 0.717) is 11.8 Å². The maximum absolute atomic E-state index is 4.99. The zero-order valence-electron chi connectivity index (χ0n) is 8.80. The van der Waals surface area contributed by atoms with E-state index in [4.69, 9.17) is 9.78 Å². The van der Waals surface area contributed by atoms with Gasteiger partial charge in [0.05, 0.1) is 13.2 Å². The van der Waals surface area contributed by atoms with Gasteiger partial charge in [-0.3, -0.25) is 0 Å². The Kier molecular flexibility index (Phi) is 7.51. The van der Waals surface area contributed by atoms with Crippen molar-refractivity contribution in [2.75, 3.05) is 13.2 Å². The number of rotatable bonds is 7. The molecule has 0 aliphatic carbocycles. The fourth-order valence-corrected chi connectivity index (χ4v) is 0.685. The van der Waals surface area contributed by atoms with E-state index in [-0.39, 0.29) is 0 Å². The van der Waals surface area contributed by atoms with Crippen molar-refractivity contribution in [3.05, 3.63) is 0 Å². The van der Waals surface area contributed by atoms with Crippen molar-refractivity contribution in [2.24, 2.45) is 11.8 Å². The molecule has 0 aliphatic heterocycles. The Morgan fingerprint density at radius 2 is 1.08 bits per heavy atom. The molecule has 0 aliphatic rings. The van der Waals surface area contributed by atoms with Crippen LogP contribution in [-0.2, 0) is 9.78 Å². The molecule has 0 saturated heterocycles. The average molecular weight is 174 g/mol. The van der Waals surface area contributed by atoms with Gasteiger partial charge in [0.1, 0.15) is 0 Å². The molecule has 0 N–H and O–H groups in total. The van der Waals surface area contributed by atoms with Crippen LogP contribution in [0.2, 0.25) is 0 Å². The molecule has 0 fully saturated rings. The third kappa shape index (κ3) is 9.92. The first-order valence-corrected chi connectivity index (χ1v) is 4.87. The summed E-state index contributed by atoms with van der Waals surface area (Å²) >= 11 is 0. The third-order valence-electron chi connectivity index (χ3n) is 1.64. The highest BCUT2D eigenvalue weighted by Gasteiger charge is 1.96. The predicted molar refractivity (Wildman–Crippen MR) is 50.8 cm³/mol. The molecule has 0 heterocycles. The minimum Gasteiger partial charge on any atom is -0.237 e. The normalized spacial score (nSPS) is 11.5. The Morgan fingerprint density at radius 1 is 0.750 bits per heavy atom. The molecular formula is C10H22O2. The van der Waals surface area contributed by atoms with Gasteiger partial charge >= 0.3 is 0 Å². The van der Waals surface area contributed by atoms with Crippen LogP contribution in [0, 0.1) is 11.8 Å². The van der Waals surface area contributed by atoms with Gasteiger partial charge in [-0.1, -0.05) is 27.7 Å². The van der Waals surface area contributed by atoms with Crippen molar-refractivity contribution < 1.29 is 9.78 Å². The molecule has 0 aromatic carbocycles. The lowest BCUT2D eigenvalue weighted by Gasteiger charge is -2.06. The summed E-state index contributed by atoms with van der Waals surface area (Å²) in [5, 5.41) is 0. The van der Waals surface area contributed by atoms with Gasteiger partial charge in [0.25, 0.3) is 0 Å². The van der Waals surface area contributed by atoms with Crippen LogP contribution >= 0.6 is 0 Å². The fourth-order valence-electron chi connectivity index (χ4n) is 0.685. The van der Waals surface area contributed by atoms with Gasteiger partial charge in [-0.05, 0) is 24.7 Å². The summed E-state index contributed by atoms with van der Waals surface area (Å²) in [6.45, 7) is 10.1. The molecule has 0 saturated carbocycles. The molecule has 2 heteroatoms. The van der Waals surface area contributed by atoms with Crippen LogP contribution in [0.4, 0.5) is 0 Å². The molecule has 0 bridgehead atoms. The quantitative estimate of drug-likeness (QED) is 0.335. The minimum absolute atomic E-state index is 0.693. The van der Waals surface area contributed by atoms with Crippen molar-refractivity contribution in [1.82, 2.24) is 0 Å². The number of hydrogen-bond acceptors (Lipinski definition) is 2. The minimum atomic E-state index is 0.693. The summed E-state index contributed by atoms with van der Waals surface area (Å²) < 4.78 is 0. The lowest BCUT2D eigenvalue weighted by Crippen LogP contribution is -2.03. The van der Waals surface area contributed by atoms with Crippen LogP contribution in [0.15, 0.2) is 0 Å². The summed E-state index contributed by atoms with van der Waals surface area (Å²) in [6.07, 6.45) is 2.14. The number of hydrogen-bond donors (Lipinski definition) is 0. The van der Waals surface area contributed by atoms with Crippen LogP contribution in [0.3, 0.4) is 0 Å². The second-order valence-corrected chi connectivity index (χ2v) is 4.01. The maximum atomic E-state index is 4.99. The summed E-state index contributed by atoms with van der Waals surface area (Å²) in [7, 11) is 0. The molecule has 12 heavy (non-hydrogen) atoms. The molecule has 0 aromatic heterocycles. The van der Waals surface area contributed by atoms with E-state index in [9.17, 15) is 0 Å². The lowest BCUT2D eigenvalue weighted by atomic mass is 10.1. The van der Waals surface area contributed by atoms with E-state index >= 15 is 0 Å². The van der Waals surface area contributed by atoms with Crippen molar-refractivity contribution >= 4 is 0 Å². The molecule has 74 valence electrons. The topological polar surface area (TPSA) is 18.5 Å². The largest absolute Gasteiger partial charge is 0.237 e. The zero-order chi connectivity index (χ0) is 9.40. The first kappa shape index (κ1) is 11.9. The summed E-state index contributed by atoms with van der Waals surface area (Å²) in [5.41, 5.74) is 0. The van der Waals surface area contributed by atoms with E-state index in [0.717, 1.165) is 26.1 Å². The van der Waals surface area contributed by atoms with Gasteiger partial charge in [-0.25, -0.2) is 9.78 Å². The van der Waals surface area contributed by atoms with Crippen molar-refractivity contribution in [1.29, 1.82) is 0 Å². The van der Waals surface area contributed by atoms with Crippen LogP contribution in [0.5, 0.6) is 0 Å². The molecule has 0 rings (SSSR count). The Morgan fingerprint density at radius 3 is 1.33 bits per heavy atom. The first-order valence-electron chi connectivity index (χ1n) is 4.87. The fraction of sp³-hybridized carbons (Fsp3) is 1.00. The first-order chi connectivity index (χ1) is 5.63. The van der Waals surface area contributed by atoms with Gasteiger partial charge in [-0.2, -0.15) is 0 Å². The van der Waals surface area contributed by atoms with Gasteiger partial charge in [0.2, 0.25) is 0 Å². The Balaban J connectivity index is 2.91. The predicted octanol–water partition coefficient (Wildman–Crippen LogP) is 3.03. The van der Waals surface area contributed by atoms with Crippen LogP contribution < -0.4 is 0 Å². The highest BCUT2D eigenvalue weighted by molar-refractivity contribution is 4.41. The van der Waals surface area contributed by atoms with Crippen molar-refractivity contribution in [3.63, 3.8) is 0 Å². The standard InChI is InChI=1S/C10H22O2/c1-9(2)5-7-11-12-8-6-10(3)4/h9-10H,5-8H2,1-4H3. The van der Waals surface area contributed by atoms with E-state index in [1.165, 1.54) is 0 Å². The zero-order valence-corrected chi connectivity index (χ0v) is 8.80. The van der Waals surface area contributed by atoms with Crippen molar-refractivity contribution in [3.8, 4) is 0 Å². The maximum Gasteiger partial charge on any atom is 0.0824 e. The Labute approximate surface area is 76.2 Å². The highest BCUT2D eigenvalue weighted by Crippen LogP contribution is 2.01. The molecule has 0 spiro atoms. The third-order valence-corrected chi connectivity index (χ3v) is 1.64. The summed E-state index contributed by atoms with van der Waals surface area (Å²) in [4.78, 5) is 9.99. The van der Waals surface area contributed by atoms with Crippen molar-refractivity contribution in [2.45, 2.75) is 40.5 Å². The Hall–Kier alpha value is -0.0800. The lowest BCUT2D eigenvalue weighted by molar-refractivity contribution is -0.297.